The summed E-state index contributed by atoms with van der Waals surface area (Å²) in [7, 11) is 0. The maximum absolute atomic E-state index is 12.6. The quantitative estimate of drug-likeness (QED) is 0.554. The lowest BCUT2D eigenvalue weighted by Crippen LogP contribution is -2.13. The fourth-order valence-corrected chi connectivity index (χ4v) is 3.57. The smallest absolute Gasteiger partial charge is 0.256 e. The molecule has 0 aliphatic rings. The van der Waals surface area contributed by atoms with E-state index in [4.69, 9.17) is 27.7 Å². The van der Waals surface area contributed by atoms with Crippen molar-refractivity contribution in [2.75, 3.05) is 5.32 Å². The summed E-state index contributed by atoms with van der Waals surface area (Å²) in [6, 6.07) is 14.2. The van der Waals surface area contributed by atoms with E-state index < -0.39 is 0 Å². The largest absolute Gasteiger partial charge is 0.360 e. The number of nitrogens with zero attached hydrogens (tertiary/aromatic N) is 1. The van der Waals surface area contributed by atoms with Crippen LogP contribution in [0.1, 0.15) is 21.8 Å². The number of halogens is 2. The van der Waals surface area contributed by atoms with Gasteiger partial charge in [0.2, 0.25) is 0 Å². The van der Waals surface area contributed by atoms with E-state index in [1.165, 1.54) is 11.8 Å². The molecule has 0 spiro atoms. The molecule has 0 saturated carbocycles. The molecule has 7 heteroatoms. The van der Waals surface area contributed by atoms with Crippen LogP contribution in [0.4, 0.5) is 5.69 Å². The zero-order valence-corrected chi connectivity index (χ0v) is 15.6. The number of thioether (sulfide) groups is 1. The Kier molecular flexibility index (Phi) is 5.68. The van der Waals surface area contributed by atoms with Crippen molar-refractivity contribution in [2.45, 2.75) is 17.6 Å². The molecule has 1 aromatic heterocycles. The van der Waals surface area contributed by atoms with Gasteiger partial charge in [-0.05, 0) is 37.3 Å². The maximum atomic E-state index is 12.6. The summed E-state index contributed by atoms with van der Waals surface area (Å²) in [4.78, 5) is 13.5. The number of hydrogen-bond acceptors (Lipinski definition) is 4. The summed E-state index contributed by atoms with van der Waals surface area (Å²) in [5.74, 6) is 1.12. The van der Waals surface area contributed by atoms with Crippen LogP contribution >= 0.6 is 35.0 Å². The van der Waals surface area contributed by atoms with Crippen molar-refractivity contribution in [1.29, 1.82) is 0 Å². The normalized spacial score (nSPS) is 10.7. The maximum Gasteiger partial charge on any atom is 0.256 e. The summed E-state index contributed by atoms with van der Waals surface area (Å²) in [6.07, 6.45) is 0. The van der Waals surface area contributed by atoms with Gasteiger partial charge in [-0.15, -0.1) is 11.8 Å². The predicted molar refractivity (Wildman–Crippen MR) is 102 cm³/mol. The second kappa shape index (κ2) is 7.95. The van der Waals surface area contributed by atoms with E-state index in [9.17, 15) is 4.79 Å². The van der Waals surface area contributed by atoms with Crippen LogP contribution in [0, 0.1) is 6.92 Å². The first kappa shape index (κ1) is 17.9. The Hall–Kier alpha value is -1.95. The molecule has 0 fully saturated rings. The van der Waals surface area contributed by atoms with Gasteiger partial charge >= 0.3 is 0 Å². The number of anilines is 1. The number of hydrogen-bond donors (Lipinski definition) is 1. The fraction of sp³-hybridized carbons (Fsp3) is 0.111. The molecule has 0 radical (unpaired) electrons. The Morgan fingerprint density at radius 1 is 1.20 bits per heavy atom. The Morgan fingerprint density at radius 2 is 2.00 bits per heavy atom. The third-order valence-corrected chi connectivity index (χ3v) is 5.00. The van der Waals surface area contributed by atoms with Crippen molar-refractivity contribution in [2.24, 2.45) is 0 Å². The van der Waals surface area contributed by atoms with E-state index >= 15 is 0 Å². The first-order chi connectivity index (χ1) is 12.0. The average molecular weight is 393 g/mol. The summed E-state index contributed by atoms with van der Waals surface area (Å²) >= 11 is 13.5. The minimum absolute atomic E-state index is 0.235. The molecule has 128 valence electrons. The van der Waals surface area contributed by atoms with Gasteiger partial charge in [0.1, 0.15) is 5.76 Å². The van der Waals surface area contributed by atoms with Gasteiger partial charge < -0.3 is 9.84 Å². The molecule has 0 atom stereocenters. The SMILES string of the molecule is Cc1cc(CSc2ccccc2C(=O)Nc2ccc(Cl)cc2Cl)on1. The minimum Gasteiger partial charge on any atom is -0.360 e. The van der Waals surface area contributed by atoms with Crippen molar-refractivity contribution >= 4 is 46.6 Å². The lowest BCUT2D eigenvalue weighted by Gasteiger charge is -2.10. The monoisotopic (exact) mass is 392 g/mol. The van der Waals surface area contributed by atoms with Crippen LogP contribution in [-0.4, -0.2) is 11.1 Å². The van der Waals surface area contributed by atoms with Crippen LogP contribution in [0.3, 0.4) is 0 Å². The number of aryl methyl sites for hydroxylation is 1. The summed E-state index contributed by atoms with van der Waals surface area (Å²) in [6.45, 7) is 1.87. The predicted octanol–water partition coefficient (Wildman–Crippen LogP) is 5.83. The molecular formula is C18H14Cl2N2O2S. The molecule has 0 bridgehead atoms. The van der Waals surface area contributed by atoms with Gasteiger partial charge in [0.25, 0.3) is 5.91 Å². The lowest BCUT2D eigenvalue weighted by molar-refractivity contribution is 0.102. The topological polar surface area (TPSA) is 55.1 Å². The highest BCUT2D eigenvalue weighted by Crippen LogP contribution is 2.29. The average Bonchev–Trinajstić information content (AvgIpc) is 3.01. The summed E-state index contributed by atoms with van der Waals surface area (Å²) in [5, 5.41) is 7.59. The molecule has 0 saturated heterocycles. The third-order valence-electron chi connectivity index (χ3n) is 3.36. The molecule has 0 unspecified atom stereocenters. The molecule has 0 aliphatic carbocycles. The van der Waals surface area contributed by atoms with Gasteiger partial charge in [0.05, 0.1) is 27.7 Å². The molecule has 3 rings (SSSR count). The number of benzene rings is 2. The van der Waals surface area contributed by atoms with Gasteiger partial charge in [0, 0.05) is 16.0 Å². The van der Waals surface area contributed by atoms with Gasteiger partial charge in [-0.2, -0.15) is 0 Å². The van der Waals surface area contributed by atoms with Crippen LogP contribution in [0.2, 0.25) is 10.0 Å². The number of amides is 1. The van der Waals surface area contributed by atoms with Gasteiger partial charge in [-0.1, -0.05) is 40.5 Å². The van der Waals surface area contributed by atoms with Crippen LogP contribution < -0.4 is 5.32 Å². The van der Waals surface area contributed by atoms with Gasteiger partial charge in [0.15, 0.2) is 0 Å². The van der Waals surface area contributed by atoms with Crippen molar-refractivity contribution in [3.05, 3.63) is 75.6 Å². The zero-order chi connectivity index (χ0) is 17.8. The number of nitrogens with one attached hydrogen (secondary N) is 1. The molecular weight excluding hydrogens is 379 g/mol. The van der Waals surface area contributed by atoms with E-state index in [1.807, 2.05) is 31.2 Å². The number of carbonyl (C=O) groups excluding carboxylic acids is 1. The van der Waals surface area contributed by atoms with E-state index in [2.05, 4.69) is 10.5 Å². The van der Waals surface area contributed by atoms with Crippen molar-refractivity contribution in [3.8, 4) is 0 Å². The minimum atomic E-state index is -0.235. The van der Waals surface area contributed by atoms with Gasteiger partial charge in [-0.25, -0.2) is 0 Å². The molecule has 3 aromatic rings. The van der Waals surface area contributed by atoms with Crippen LogP contribution in [0.25, 0.3) is 0 Å². The zero-order valence-electron chi connectivity index (χ0n) is 13.3. The first-order valence-corrected chi connectivity index (χ1v) is 9.17. The molecule has 4 nitrogen and oxygen atoms in total. The third kappa shape index (κ3) is 4.57. The Bertz CT molecular complexity index is 912. The Morgan fingerprint density at radius 3 is 2.72 bits per heavy atom. The molecule has 1 N–H and O–H groups in total. The van der Waals surface area contributed by atoms with E-state index in [1.54, 1.807) is 24.3 Å². The second-order valence-corrected chi connectivity index (χ2v) is 7.16. The number of rotatable bonds is 5. The van der Waals surface area contributed by atoms with Crippen LogP contribution in [0.15, 0.2) is 57.9 Å². The van der Waals surface area contributed by atoms with Crippen molar-refractivity contribution in [3.63, 3.8) is 0 Å². The van der Waals surface area contributed by atoms with Crippen LogP contribution in [-0.2, 0) is 5.75 Å². The fourth-order valence-electron chi connectivity index (χ4n) is 2.19. The Labute approximate surface area is 159 Å². The highest BCUT2D eigenvalue weighted by molar-refractivity contribution is 7.98. The number of aromatic nitrogens is 1. The van der Waals surface area contributed by atoms with E-state index in [-0.39, 0.29) is 5.91 Å². The second-order valence-electron chi connectivity index (χ2n) is 5.30. The lowest BCUT2D eigenvalue weighted by atomic mass is 10.2. The van der Waals surface area contributed by atoms with Crippen LogP contribution in [0.5, 0.6) is 0 Å². The molecule has 1 amide bonds. The van der Waals surface area contributed by atoms with Crippen molar-refractivity contribution in [1.82, 2.24) is 5.16 Å². The molecule has 1 heterocycles. The van der Waals surface area contributed by atoms with E-state index in [0.29, 0.717) is 27.0 Å². The van der Waals surface area contributed by atoms with E-state index in [0.717, 1.165) is 16.3 Å². The van der Waals surface area contributed by atoms with Crippen molar-refractivity contribution < 1.29 is 9.32 Å². The highest BCUT2D eigenvalue weighted by atomic mass is 35.5. The number of carbonyl (C=O) groups is 1. The molecule has 25 heavy (non-hydrogen) atoms. The summed E-state index contributed by atoms with van der Waals surface area (Å²) < 4.78 is 5.21. The first-order valence-electron chi connectivity index (χ1n) is 7.43. The molecule has 0 aliphatic heterocycles. The van der Waals surface area contributed by atoms with Gasteiger partial charge in [-0.3, -0.25) is 4.79 Å². The Balaban J connectivity index is 1.76. The molecule has 2 aromatic carbocycles. The summed E-state index contributed by atoms with van der Waals surface area (Å²) in [5.41, 5.74) is 1.91. The standard InChI is InChI=1S/C18H14Cl2N2O2S/c1-11-8-13(24-22-11)10-25-17-5-3-2-4-14(17)18(23)21-16-7-6-12(19)9-15(16)20/h2-9H,10H2,1H3,(H,21,23). The highest BCUT2D eigenvalue weighted by Gasteiger charge is 2.14.